The van der Waals surface area contributed by atoms with Gasteiger partial charge in [0.1, 0.15) is 11.4 Å². The molecule has 4 rings (SSSR count). The number of carbonyl (C=O) groups excluding carboxylic acids is 1. The number of amides is 1. The lowest BCUT2D eigenvalue weighted by Crippen LogP contribution is -2.32. The van der Waals surface area contributed by atoms with Gasteiger partial charge in [0, 0.05) is 24.4 Å². The molecule has 26 heavy (non-hydrogen) atoms. The van der Waals surface area contributed by atoms with Crippen molar-refractivity contribution in [2.45, 2.75) is 45.6 Å². The summed E-state index contributed by atoms with van der Waals surface area (Å²) in [6.07, 6.45) is 2.60. The zero-order chi connectivity index (χ0) is 18.3. The highest BCUT2D eigenvalue weighted by Crippen LogP contribution is 2.31. The molecule has 0 aromatic carbocycles. The average molecular weight is 356 g/mol. The molecule has 1 fully saturated rings. The summed E-state index contributed by atoms with van der Waals surface area (Å²) < 4.78 is 6.10. The maximum atomic E-state index is 12.7. The number of aryl methyl sites for hydroxylation is 2. The lowest BCUT2D eigenvalue weighted by molar-refractivity contribution is -0.131. The SMILES string of the molecule is CCc1cc(=O)n2[nH]c(C3CCCN3C(=O)Cc3nonc3C)cc2n1. The summed E-state index contributed by atoms with van der Waals surface area (Å²) in [4.78, 5) is 31.3. The van der Waals surface area contributed by atoms with E-state index in [-0.39, 0.29) is 23.9 Å². The first-order valence-corrected chi connectivity index (χ1v) is 8.76. The first kappa shape index (κ1) is 16.5. The highest BCUT2D eigenvalue weighted by molar-refractivity contribution is 5.79. The fraction of sp³-hybridized carbons (Fsp3) is 0.471. The van der Waals surface area contributed by atoms with Crippen LogP contribution in [-0.2, 0) is 17.6 Å². The lowest BCUT2D eigenvalue weighted by atomic mass is 10.1. The van der Waals surface area contributed by atoms with E-state index in [9.17, 15) is 9.59 Å². The van der Waals surface area contributed by atoms with Crippen molar-refractivity contribution in [1.29, 1.82) is 0 Å². The molecule has 136 valence electrons. The summed E-state index contributed by atoms with van der Waals surface area (Å²) in [5.74, 6) is -0.0282. The molecule has 1 atom stereocenters. The molecule has 1 unspecified atom stereocenters. The summed E-state index contributed by atoms with van der Waals surface area (Å²) in [6.45, 7) is 4.40. The second-order valence-electron chi connectivity index (χ2n) is 6.56. The Morgan fingerprint density at radius 2 is 2.23 bits per heavy atom. The van der Waals surface area contributed by atoms with E-state index in [1.165, 1.54) is 10.6 Å². The Labute approximate surface area is 149 Å². The number of hydrogen-bond donors (Lipinski definition) is 1. The van der Waals surface area contributed by atoms with Crippen LogP contribution in [0.15, 0.2) is 21.6 Å². The zero-order valence-electron chi connectivity index (χ0n) is 14.7. The topological polar surface area (TPSA) is 109 Å². The van der Waals surface area contributed by atoms with Gasteiger partial charge >= 0.3 is 0 Å². The molecule has 0 aliphatic carbocycles. The van der Waals surface area contributed by atoms with Crippen LogP contribution in [0.2, 0.25) is 0 Å². The monoisotopic (exact) mass is 356 g/mol. The smallest absolute Gasteiger partial charge is 0.272 e. The zero-order valence-corrected chi connectivity index (χ0v) is 14.7. The standard InChI is InChI=1S/C17H20N6O3/c1-3-11-7-17(25)23-15(18-11)8-13(19-23)14-5-4-6-22(14)16(24)9-12-10(2)20-26-21-12/h7-8,14,19H,3-6,9H2,1-2H3. The minimum Gasteiger partial charge on any atom is -0.334 e. The predicted molar refractivity (Wildman–Crippen MR) is 91.6 cm³/mol. The molecule has 1 saturated heterocycles. The third-order valence-corrected chi connectivity index (χ3v) is 4.88. The van der Waals surface area contributed by atoms with E-state index in [0.717, 1.165) is 24.2 Å². The van der Waals surface area contributed by atoms with Gasteiger partial charge in [-0.25, -0.2) is 14.1 Å². The van der Waals surface area contributed by atoms with Crippen molar-refractivity contribution in [2.24, 2.45) is 0 Å². The van der Waals surface area contributed by atoms with E-state index in [2.05, 4.69) is 25.0 Å². The molecule has 3 aromatic heterocycles. The van der Waals surface area contributed by atoms with Crippen LogP contribution in [0.5, 0.6) is 0 Å². The number of fused-ring (bicyclic) bond motifs is 1. The molecule has 9 nitrogen and oxygen atoms in total. The summed E-state index contributed by atoms with van der Waals surface area (Å²) >= 11 is 0. The van der Waals surface area contributed by atoms with Crippen molar-refractivity contribution >= 4 is 11.6 Å². The predicted octanol–water partition coefficient (Wildman–Crippen LogP) is 1.18. The quantitative estimate of drug-likeness (QED) is 0.752. The maximum absolute atomic E-state index is 12.7. The second-order valence-corrected chi connectivity index (χ2v) is 6.56. The van der Waals surface area contributed by atoms with Crippen molar-refractivity contribution in [2.75, 3.05) is 6.54 Å². The van der Waals surface area contributed by atoms with Crippen molar-refractivity contribution in [1.82, 2.24) is 29.8 Å². The average Bonchev–Trinajstić information content (AvgIpc) is 3.34. The van der Waals surface area contributed by atoms with Crippen LogP contribution in [0.4, 0.5) is 0 Å². The molecule has 4 heterocycles. The van der Waals surface area contributed by atoms with Crippen LogP contribution < -0.4 is 5.56 Å². The number of likely N-dealkylation sites (tertiary alicyclic amines) is 1. The van der Waals surface area contributed by atoms with Crippen molar-refractivity contribution < 1.29 is 9.42 Å². The molecular weight excluding hydrogens is 336 g/mol. The summed E-state index contributed by atoms with van der Waals surface area (Å²) in [5, 5.41) is 10.6. The highest BCUT2D eigenvalue weighted by atomic mass is 16.6. The normalized spacial score (nSPS) is 17.3. The second kappa shape index (κ2) is 6.40. The van der Waals surface area contributed by atoms with Gasteiger partial charge < -0.3 is 4.90 Å². The number of nitrogens with zero attached hydrogens (tertiary/aromatic N) is 5. The Kier molecular flexibility index (Phi) is 4.06. The van der Waals surface area contributed by atoms with Gasteiger partial charge in [-0.05, 0) is 26.2 Å². The van der Waals surface area contributed by atoms with Crippen LogP contribution in [-0.4, -0.2) is 42.3 Å². The number of H-pyrrole nitrogens is 1. The van der Waals surface area contributed by atoms with E-state index in [1.54, 1.807) is 6.92 Å². The number of hydrogen-bond acceptors (Lipinski definition) is 6. The van der Waals surface area contributed by atoms with E-state index in [0.29, 0.717) is 30.0 Å². The molecule has 3 aromatic rings. The van der Waals surface area contributed by atoms with Crippen molar-refractivity contribution in [3.63, 3.8) is 0 Å². The molecule has 0 saturated carbocycles. The van der Waals surface area contributed by atoms with Crippen LogP contribution in [0, 0.1) is 6.92 Å². The number of aromatic amines is 1. The fourth-order valence-electron chi connectivity index (χ4n) is 3.45. The highest BCUT2D eigenvalue weighted by Gasteiger charge is 2.32. The molecule has 0 bridgehead atoms. The Bertz CT molecular complexity index is 1020. The van der Waals surface area contributed by atoms with Gasteiger partial charge in [0.2, 0.25) is 5.91 Å². The summed E-state index contributed by atoms with van der Waals surface area (Å²) in [5.41, 5.74) is 3.21. The minimum atomic E-state index is -0.140. The fourth-order valence-corrected chi connectivity index (χ4v) is 3.45. The van der Waals surface area contributed by atoms with Crippen LogP contribution >= 0.6 is 0 Å². The van der Waals surface area contributed by atoms with E-state index in [4.69, 9.17) is 0 Å². The Morgan fingerprint density at radius 1 is 1.38 bits per heavy atom. The molecular formula is C17H20N6O3. The molecule has 1 aliphatic rings. The van der Waals surface area contributed by atoms with E-state index < -0.39 is 0 Å². The molecule has 1 amide bonds. The van der Waals surface area contributed by atoms with Gasteiger partial charge in [-0.15, -0.1) is 0 Å². The van der Waals surface area contributed by atoms with Gasteiger partial charge in [-0.2, -0.15) is 0 Å². The van der Waals surface area contributed by atoms with Crippen LogP contribution in [0.1, 0.15) is 48.6 Å². The van der Waals surface area contributed by atoms with Gasteiger partial charge in [0.25, 0.3) is 5.56 Å². The third-order valence-electron chi connectivity index (χ3n) is 4.88. The summed E-state index contributed by atoms with van der Waals surface area (Å²) in [6, 6.07) is 3.29. The van der Waals surface area contributed by atoms with Gasteiger partial charge in [0.15, 0.2) is 5.65 Å². The number of carbonyl (C=O) groups is 1. The maximum Gasteiger partial charge on any atom is 0.272 e. The molecule has 1 N–H and O–H groups in total. The third kappa shape index (κ3) is 2.79. The minimum absolute atomic E-state index is 0.0282. The Hall–Kier alpha value is -2.97. The van der Waals surface area contributed by atoms with Crippen LogP contribution in [0.25, 0.3) is 5.65 Å². The van der Waals surface area contributed by atoms with Gasteiger partial charge in [-0.1, -0.05) is 17.2 Å². The summed E-state index contributed by atoms with van der Waals surface area (Å²) in [7, 11) is 0. The van der Waals surface area contributed by atoms with Gasteiger partial charge in [0.05, 0.1) is 18.2 Å². The number of rotatable bonds is 4. The number of nitrogens with one attached hydrogen (secondary N) is 1. The number of aromatic nitrogens is 5. The van der Waals surface area contributed by atoms with E-state index >= 15 is 0 Å². The first-order chi connectivity index (χ1) is 12.6. The van der Waals surface area contributed by atoms with Crippen LogP contribution in [0.3, 0.4) is 0 Å². The van der Waals surface area contributed by atoms with Gasteiger partial charge in [-0.3, -0.25) is 14.7 Å². The lowest BCUT2D eigenvalue weighted by Gasteiger charge is -2.23. The molecule has 0 radical (unpaired) electrons. The van der Waals surface area contributed by atoms with Crippen molar-refractivity contribution in [3.8, 4) is 0 Å². The molecule has 1 aliphatic heterocycles. The molecule has 0 spiro atoms. The van der Waals surface area contributed by atoms with Crippen molar-refractivity contribution in [3.05, 3.63) is 45.3 Å². The Morgan fingerprint density at radius 3 is 2.96 bits per heavy atom. The Balaban J connectivity index is 1.63. The molecule has 9 heteroatoms. The first-order valence-electron chi connectivity index (χ1n) is 8.76. The van der Waals surface area contributed by atoms with E-state index in [1.807, 2.05) is 17.9 Å². The largest absolute Gasteiger partial charge is 0.334 e.